The van der Waals surface area contributed by atoms with Gasteiger partial charge in [-0.15, -0.1) is 0 Å². The van der Waals surface area contributed by atoms with Crippen LogP contribution in [0.25, 0.3) is 0 Å². The predicted octanol–water partition coefficient (Wildman–Crippen LogP) is 1.95. The number of rotatable bonds is 3. The van der Waals surface area contributed by atoms with Gasteiger partial charge in [0.2, 0.25) is 0 Å². The Kier molecular flexibility index (Phi) is 3.70. The lowest BCUT2D eigenvalue weighted by Gasteiger charge is -2.27. The van der Waals surface area contributed by atoms with Crippen molar-refractivity contribution < 1.29 is 14.7 Å². The third-order valence-electron chi connectivity index (χ3n) is 4.28. The largest absolute Gasteiger partial charge is 0.481 e. The highest BCUT2D eigenvalue weighted by molar-refractivity contribution is 5.95. The van der Waals surface area contributed by atoms with E-state index in [9.17, 15) is 14.7 Å². The molecule has 1 aromatic rings. The van der Waals surface area contributed by atoms with Gasteiger partial charge >= 0.3 is 5.97 Å². The van der Waals surface area contributed by atoms with E-state index in [1.54, 1.807) is 25.1 Å². The number of benzene rings is 1. The molecule has 0 aliphatic heterocycles. The number of nitrogens with two attached hydrogens (primary N) is 1. The van der Waals surface area contributed by atoms with Crippen LogP contribution < -0.4 is 11.1 Å². The van der Waals surface area contributed by atoms with E-state index in [0.717, 1.165) is 12.0 Å². The summed E-state index contributed by atoms with van der Waals surface area (Å²) in [5.74, 6) is -1.10. The summed E-state index contributed by atoms with van der Waals surface area (Å²) in [7, 11) is 0. The number of hydrogen-bond acceptors (Lipinski definition) is 3. The van der Waals surface area contributed by atoms with Crippen molar-refractivity contribution in [3.8, 4) is 0 Å². The van der Waals surface area contributed by atoms with E-state index in [0.29, 0.717) is 24.1 Å². The Morgan fingerprint density at radius 3 is 2.75 bits per heavy atom. The summed E-state index contributed by atoms with van der Waals surface area (Å²) in [6.07, 6.45) is 2.10. The number of aryl methyl sites for hydroxylation is 1. The fourth-order valence-electron chi connectivity index (χ4n) is 2.71. The summed E-state index contributed by atoms with van der Waals surface area (Å²) < 4.78 is 0. The summed E-state index contributed by atoms with van der Waals surface area (Å²) in [4.78, 5) is 23.6. The number of anilines is 1. The van der Waals surface area contributed by atoms with Crippen LogP contribution in [0.3, 0.4) is 0 Å². The Morgan fingerprint density at radius 1 is 1.45 bits per heavy atom. The number of amides is 1. The number of nitrogens with one attached hydrogen (secondary N) is 1. The highest BCUT2D eigenvalue weighted by Gasteiger charge is 2.45. The molecule has 1 aromatic carbocycles. The predicted molar refractivity (Wildman–Crippen MR) is 76.4 cm³/mol. The van der Waals surface area contributed by atoms with Gasteiger partial charge in [-0.05, 0) is 50.5 Å². The zero-order valence-electron chi connectivity index (χ0n) is 11.8. The van der Waals surface area contributed by atoms with E-state index in [1.165, 1.54) is 0 Å². The van der Waals surface area contributed by atoms with Crippen LogP contribution in [-0.4, -0.2) is 23.0 Å². The van der Waals surface area contributed by atoms with Crippen LogP contribution in [0.2, 0.25) is 0 Å². The molecule has 1 aliphatic carbocycles. The molecule has 4 N–H and O–H groups in total. The third kappa shape index (κ3) is 2.48. The Balaban J connectivity index is 2.15. The van der Waals surface area contributed by atoms with Gasteiger partial charge in [0.05, 0.1) is 5.41 Å². The topological polar surface area (TPSA) is 92.4 Å². The van der Waals surface area contributed by atoms with Gasteiger partial charge in [-0.1, -0.05) is 6.42 Å². The molecule has 0 spiro atoms. The molecule has 1 aliphatic rings. The van der Waals surface area contributed by atoms with Crippen molar-refractivity contribution in [2.75, 3.05) is 5.73 Å². The first-order valence-corrected chi connectivity index (χ1v) is 6.75. The van der Waals surface area contributed by atoms with Crippen LogP contribution in [-0.2, 0) is 4.79 Å². The fraction of sp³-hybridized carbons (Fsp3) is 0.467. The Bertz CT molecular complexity index is 556. The molecular weight excluding hydrogens is 256 g/mol. The second-order valence-electron chi connectivity index (χ2n) is 5.71. The minimum atomic E-state index is -0.876. The van der Waals surface area contributed by atoms with E-state index < -0.39 is 11.4 Å². The average molecular weight is 276 g/mol. The van der Waals surface area contributed by atoms with Crippen molar-refractivity contribution in [3.05, 3.63) is 29.3 Å². The van der Waals surface area contributed by atoms with Crippen molar-refractivity contribution in [1.29, 1.82) is 0 Å². The van der Waals surface area contributed by atoms with Gasteiger partial charge in [0.1, 0.15) is 0 Å². The Morgan fingerprint density at radius 2 is 2.15 bits per heavy atom. The molecule has 0 bridgehead atoms. The molecule has 2 unspecified atom stereocenters. The second kappa shape index (κ2) is 5.15. The molecule has 1 saturated carbocycles. The van der Waals surface area contributed by atoms with Crippen molar-refractivity contribution in [2.24, 2.45) is 5.41 Å². The van der Waals surface area contributed by atoms with Crippen LogP contribution in [0, 0.1) is 12.3 Å². The Hall–Kier alpha value is -2.04. The number of carboxylic acids is 1. The molecule has 1 amide bonds. The molecule has 2 rings (SSSR count). The lowest BCUT2D eigenvalue weighted by molar-refractivity contribution is -0.148. The molecule has 5 nitrogen and oxygen atoms in total. The molecule has 5 heteroatoms. The smallest absolute Gasteiger partial charge is 0.311 e. The molecule has 108 valence electrons. The first-order valence-electron chi connectivity index (χ1n) is 6.75. The molecule has 1 fully saturated rings. The number of nitrogen functional groups attached to an aromatic ring is 1. The van der Waals surface area contributed by atoms with Gasteiger partial charge in [-0.2, -0.15) is 0 Å². The highest BCUT2D eigenvalue weighted by Crippen LogP contribution is 2.38. The van der Waals surface area contributed by atoms with Gasteiger partial charge in [0.25, 0.3) is 5.91 Å². The fourth-order valence-corrected chi connectivity index (χ4v) is 2.71. The minimum absolute atomic E-state index is 0.243. The van der Waals surface area contributed by atoms with Crippen LogP contribution >= 0.6 is 0 Å². The molecular formula is C15H20N2O3. The average Bonchev–Trinajstić information content (AvgIpc) is 2.75. The van der Waals surface area contributed by atoms with Crippen molar-refractivity contribution in [2.45, 2.75) is 39.2 Å². The second-order valence-corrected chi connectivity index (χ2v) is 5.71. The van der Waals surface area contributed by atoms with E-state index >= 15 is 0 Å². The lowest BCUT2D eigenvalue weighted by Crippen LogP contribution is -2.47. The zero-order valence-corrected chi connectivity index (χ0v) is 11.8. The van der Waals surface area contributed by atoms with E-state index in [2.05, 4.69) is 5.32 Å². The third-order valence-corrected chi connectivity index (χ3v) is 4.28. The summed E-state index contributed by atoms with van der Waals surface area (Å²) in [5.41, 5.74) is 6.83. The number of carbonyl (C=O) groups excluding carboxylic acids is 1. The summed E-state index contributed by atoms with van der Waals surface area (Å²) >= 11 is 0. The summed E-state index contributed by atoms with van der Waals surface area (Å²) in [5, 5.41) is 12.2. The van der Waals surface area contributed by atoms with Crippen LogP contribution in [0.4, 0.5) is 5.69 Å². The quantitative estimate of drug-likeness (QED) is 0.736. The molecule has 2 atom stereocenters. The van der Waals surface area contributed by atoms with Crippen LogP contribution in [0.1, 0.15) is 42.1 Å². The number of hydrogen-bond donors (Lipinski definition) is 3. The van der Waals surface area contributed by atoms with Crippen molar-refractivity contribution in [1.82, 2.24) is 5.32 Å². The Labute approximate surface area is 118 Å². The monoisotopic (exact) mass is 276 g/mol. The van der Waals surface area contributed by atoms with Crippen molar-refractivity contribution in [3.63, 3.8) is 0 Å². The van der Waals surface area contributed by atoms with E-state index in [-0.39, 0.29) is 11.9 Å². The number of carbonyl (C=O) groups is 2. The highest BCUT2D eigenvalue weighted by atomic mass is 16.4. The molecule has 0 aromatic heterocycles. The summed E-state index contributed by atoms with van der Waals surface area (Å²) in [6.45, 7) is 3.53. The lowest BCUT2D eigenvalue weighted by atomic mass is 9.85. The molecule has 20 heavy (non-hydrogen) atoms. The summed E-state index contributed by atoms with van der Waals surface area (Å²) in [6, 6.07) is 4.74. The van der Waals surface area contributed by atoms with Gasteiger partial charge in [-0.3, -0.25) is 9.59 Å². The van der Waals surface area contributed by atoms with Gasteiger partial charge in [-0.25, -0.2) is 0 Å². The van der Waals surface area contributed by atoms with Gasteiger partial charge in [0, 0.05) is 17.3 Å². The SMILES string of the molecule is Cc1cc(C(=O)NC2CCCC2(C)C(=O)O)ccc1N. The maximum absolute atomic E-state index is 12.2. The zero-order chi connectivity index (χ0) is 14.9. The maximum atomic E-state index is 12.2. The normalized spacial score (nSPS) is 25.4. The van der Waals surface area contributed by atoms with E-state index in [4.69, 9.17) is 5.73 Å². The van der Waals surface area contributed by atoms with Crippen molar-refractivity contribution >= 4 is 17.6 Å². The number of carboxylic acid groups (broad SMARTS) is 1. The molecule has 0 heterocycles. The van der Waals surface area contributed by atoms with Gasteiger partial charge in [0.15, 0.2) is 0 Å². The molecule has 0 radical (unpaired) electrons. The van der Waals surface area contributed by atoms with Crippen LogP contribution in [0.15, 0.2) is 18.2 Å². The van der Waals surface area contributed by atoms with Crippen LogP contribution in [0.5, 0.6) is 0 Å². The minimum Gasteiger partial charge on any atom is -0.481 e. The standard InChI is InChI=1S/C15H20N2O3/c1-9-8-10(5-6-11(9)16)13(18)17-12-4-3-7-15(12,2)14(19)20/h5-6,8,12H,3-4,7,16H2,1-2H3,(H,17,18)(H,19,20). The van der Waals surface area contributed by atoms with E-state index in [1.807, 2.05) is 6.92 Å². The van der Waals surface area contributed by atoms with Gasteiger partial charge < -0.3 is 16.2 Å². The maximum Gasteiger partial charge on any atom is 0.311 e. The first-order chi connectivity index (χ1) is 9.34. The first kappa shape index (κ1) is 14.4. The number of aliphatic carboxylic acids is 1. The molecule has 0 saturated heterocycles.